The lowest BCUT2D eigenvalue weighted by Gasteiger charge is -2.32. The van der Waals surface area contributed by atoms with E-state index in [1.807, 2.05) is 0 Å². The number of anilines is 1. The largest absolute Gasteiger partial charge is 0.338 e. The minimum Gasteiger partial charge on any atom is -0.338 e. The fourth-order valence-electron chi connectivity index (χ4n) is 4.84. The van der Waals surface area contributed by atoms with Crippen molar-refractivity contribution in [2.45, 2.75) is 45.1 Å². The Labute approximate surface area is 208 Å². The van der Waals surface area contributed by atoms with Crippen molar-refractivity contribution in [1.82, 2.24) is 19.7 Å². The Balaban J connectivity index is 1.30. The van der Waals surface area contributed by atoms with Crippen molar-refractivity contribution in [3.63, 3.8) is 0 Å². The maximum atomic E-state index is 14.7. The lowest BCUT2D eigenvalue weighted by Crippen LogP contribution is -2.43. The van der Waals surface area contributed by atoms with Crippen molar-refractivity contribution in [1.29, 1.82) is 0 Å². The summed E-state index contributed by atoms with van der Waals surface area (Å²) in [6.45, 7) is 1.69. The van der Waals surface area contributed by atoms with Crippen LogP contribution >= 0.6 is 11.6 Å². The summed E-state index contributed by atoms with van der Waals surface area (Å²) in [5.41, 5.74) is 1.35. The number of nitrogens with one attached hydrogen (secondary N) is 1. The van der Waals surface area contributed by atoms with E-state index in [1.165, 1.54) is 6.07 Å². The van der Waals surface area contributed by atoms with Gasteiger partial charge in [-0.3, -0.25) is 9.59 Å². The molecule has 9 heteroatoms. The predicted molar refractivity (Wildman–Crippen MR) is 132 cm³/mol. The molecule has 2 aliphatic heterocycles. The van der Waals surface area contributed by atoms with Crippen LogP contribution in [0.25, 0.3) is 11.4 Å². The van der Waals surface area contributed by atoms with Crippen molar-refractivity contribution < 1.29 is 14.0 Å². The van der Waals surface area contributed by atoms with Crippen LogP contribution in [0.5, 0.6) is 0 Å². The van der Waals surface area contributed by atoms with Crippen LogP contribution in [-0.4, -0.2) is 44.6 Å². The van der Waals surface area contributed by atoms with Crippen molar-refractivity contribution >= 4 is 29.1 Å². The number of carbonyl (C=O) groups is 2. The number of nitrogens with zero attached hydrogens (tertiary/aromatic N) is 4. The van der Waals surface area contributed by atoms with Gasteiger partial charge < -0.3 is 14.8 Å². The lowest BCUT2D eigenvalue weighted by molar-refractivity contribution is -0.121. The van der Waals surface area contributed by atoms with Gasteiger partial charge in [-0.15, -0.1) is 10.2 Å². The molecule has 0 aliphatic carbocycles. The van der Waals surface area contributed by atoms with Gasteiger partial charge in [0.15, 0.2) is 5.82 Å². The quantitative estimate of drug-likeness (QED) is 0.555. The van der Waals surface area contributed by atoms with Gasteiger partial charge >= 0.3 is 0 Å². The second kappa shape index (κ2) is 10.2. The van der Waals surface area contributed by atoms with Gasteiger partial charge in [0.2, 0.25) is 5.91 Å². The van der Waals surface area contributed by atoms with Crippen molar-refractivity contribution in [2.24, 2.45) is 5.92 Å². The standard InChI is InChI=1S/C26H27ClFN5O2/c27-20-10-7-17(8-11-20)26(35)32-13-4-5-19(16-32)25(34)29-22-15-18(9-12-21(22)28)24-31-30-23-6-2-1-3-14-33(23)24/h7-12,15,19H,1-6,13-14,16H2,(H,29,34). The smallest absolute Gasteiger partial charge is 0.253 e. The fourth-order valence-corrected chi connectivity index (χ4v) is 4.97. The average molecular weight is 496 g/mol. The molecule has 7 nitrogen and oxygen atoms in total. The number of aryl methyl sites for hydroxylation is 1. The highest BCUT2D eigenvalue weighted by atomic mass is 35.5. The number of carbonyl (C=O) groups excluding carboxylic acids is 2. The molecule has 0 radical (unpaired) electrons. The molecule has 5 rings (SSSR count). The minimum absolute atomic E-state index is 0.111. The van der Waals surface area contributed by atoms with E-state index >= 15 is 0 Å². The third-order valence-electron chi connectivity index (χ3n) is 6.76. The molecule has 1 saturated heterocycles. The highest BCUT2D eigenvalue weighted by Crippen LogP contribution is 2.28. The molecule has 1 fully saturated rings. The number of fused-ring (bicyclic) bond motifs is 1. The van der Waals surface area contributed by atoms with E-state index in [1.54, 1.807) is 41.3 Å². The van der Waals surface area contributed by atoms with E-state index in [0.717, 1.165) is 38.1 Å². The Hall–Kier alpha value is -3.26. The molecule has 1 unspecified atom stereocenters. The molecular formula is C26H27ClFN5O2. The molecule has 2 aliphatic rings. The SMILES string of the molecule is O=C(Nc1cc(-c2nnc3n2CCCCC3)ccc1F)C1CCCN(C(=O)c2ccc(Cl)cc2)C1. The van der Waals surface area contributed by atoms with E-state index in [2.05, 4.69) is 20.1 Å². The van der Waals surface area contributed by atoms with Gasteiger partial charge in [-0.2, -0.15) is 0 Å². The number of benzene rings is 2. The van der Waals surface area contributed by atoms with Gasteiger partial charge in [-0.1, -0.05) is 18.0 Å². The first-order chi connectivity index (χ1) is 17.0. The first-order valence-electron chi connectivity index (χ1n) is 12.1. The molecule has 1 aromatic heterocycles. The average Bonchev–Trinajstić information content (AvgIpc) is 3.13. The topological polar surface area (TPSA) is 80.1 Å². The number of hydrogen-bond donors (Lipinski definition) is 1. The normalized spacial score (nSPS) is 18.0. The van der Waals surface area contributed by atoms with Crippen molar-refractivity contribution in [2.75, 3.05) is 18.4 Å². The van der Waals surface area contributed by atoms with Gasteiger partial charge in [0.1, 0.15) is 11.6 Å². The Bertz CT molecular complexity index is 1240. The number of aromatic nitrogens is 3. The molecule has 0 spiro atoms. The number of halogens is 2. The van der Waals surface area contributed by atoms with Crippen LogP contribution in [0.4, 0.5) is 10.1 Å². The van der Waals surface area contributed by atoms with E-state index < -0.39 is 11.7 Å². The second-order valence-corrected chi connectivity index (χ2v) is 9.62. The van der Waals surface area contributed by atoms with E-state index in [-0.39, 0.29) is 24.0 Å². The monoisotopic (exact) mass is 495 g/mol. The van der Waals surface area contributed by atoms with Crippen molar-refractivity contribution in [3.8, 4) is 11.4 Å². The van der Waals surface area contributed by atoms with E-state index in [9.17, 15) is 14.0 Å². The Kier molecular flexibility index (Phi) is 6.81. The molecular weight excluding hydrogens is 469 g/mol. The molecule has 1 atom stereocenters. The number of hydrogen-bond acceptors (Lipinski definition) is 4. The summed E-state index contributed by atoms with van der Waals surface area (Å²) in [5, 5.41) is 12.0. The predicted octanol–water partition coefficient (Wildman–Crippen LogP) is 4.95. The van der Waals surface area contributed by atoms with E-state index in [0.29, 0.717) is 41.4 Å². The van der Waals surface area contributed by atoms with Crippen LogP contribution in [0.3, 0.4) is 0 Å². The summed E-state index contributed by atoms with van der Waals surface area (Å²) >= 11 is 5.93. The van der Waals surface area contributed by atoms with Crippen molar-refractivity contribution in [3.05, 3.63) is 64.7 Å². The number of amides is 2. The minimum atomic E-state index is -0.511. The van der Waals surface area contributed by atoms with Gasteiger partial charge in [0, 0.05) is 42.2 Å². The molecule has 1 N–H and O–H groups in total. The van der Waals surface area contributed by atoms with Crippen LogP contribution in [0, 0.1) is 11.7 Å². The number of piperidine rings is 1. The van der Waals surface area contributed by atoms with Gasteiger partial charge in [0.25, 0.3) is 5.91 Å². The molecule has 2 amide bonds. The van der Waals surface area contributed by atoms with Gasteiger partial charge in [-0.05, 0) is 68.1 Å². The molecule has 2 aromatic carbocycles. The number of likely N-dealkylation sites (tertiary alicyclic amines) is 1. The molecule has 0 saturated carbocycles. The molecule has 35 heavy (non-hydrogen) atoms. The highest BCUT2D eigenvalue weighted by molar-refractivity contribution is 6.30. The zero-order chi connectivity index (χ0) is 24.4. The zero-order valence-electron chi connectivity index (χ0n) is 19.3. The maximum Gasteiger partial charge on any atom is 0.253 e. The highest BCUT2D eigenvalue weighted by Gasteiger charge is 2.29. The van der Waals surface area contributed by atoms with Crippen LogP contribution in [-0.2, 0) is 17.8 Å². The summed E-state index contributed by atoms with van der Waals surface area (Å²) in [7, 11) is 0. The van der Waals surface area contributed by atoms with Crippen LogP contribution in [0.2, 0.25) is 5.02 Å². The summed E-state index contributed by atoms with van der Waals surface area (Å²) in [6, 6.07) is 11.3. The van der Waals surface area contributed by atoms with Crippen LogP contribution < -0.4 is 5.32 Å². The molecule has 0 bridgehead atoms. The van der Waals surface area contributed by atoms with Crippen LogP contribution in [0.15, 0.2) is 42.5 Å². The van der Waals surface area contributed by atoms with Crippen LogP contribution in [0.1, 0.15) is 48.3 Å². The third-order valence-corrected chi connectivity index (χ3v) is 7.01. The van der Waals surface area contributed by atoms with Gasteiger partial charge in [-0.25, -0.2) is 4.39 Å². The number of rotatable bonds is 4. The summed E-state index contributed by atoms with van der Waals surface area (Å²) in [5.74, 6) is 0.263. The van der Waals surface area contributed by atoms with E-state index in [4.69, 9.17) is 11.6 Å². The second-order valence-electron chi connectivity index (χ2n) is 9.18. The Morgan fingerprint density at radius 2 is 1.83 bits per heavy atom. The molecule has 3 heterocycles. The fraction of sp³-hybridized carbons (Fsp3) is 0.385. The third kappa shape index (κ3) is 5.07. The first-order valence-corrected chi connectivity index (χ1v) is 12.4. The molecule has 3 aromatic rings. The maximum absolute atomic E-state index is 14.7. The summed E-state index contributed by atoms with van der Waals surface area (Å²) in [4.78, 5) is 27.6. The zero-order valence-corrected chi connectivity index (χ0v) is 20.1. The Morgan fingerprint density at radius 3 is 2.66 bits per heavy atom. The summed E-state index contributed by atoms with van der Waals surface area (Å²) in [6.07, 6.45) is 5.50. The van der Waals surface area contributed by atoms with Gasteiger partial charge in [0.05, 0.1) is 11.6 Å². The summed E-state index contributed by atoms with van der Waals surface area (Å²) < 4.78 is 16.8. The molecule has 182 valence electrons. The Morgan fingerprint density at radius 1 is 1.00 bits per heavy atom. The lowest BCUT2D eigenvalue weighted by atomic mass is 9.96. The first kappa shape index (κ1) is 23.5.